The minimum Gasteiger partial charge on any atom is -0.486 e. The van der Waals surface area contributed by atoms with Crippen molar-refractivity contribution in [3.8, 4) is 21.9 Å². The normalized spacial score (nSPS) is 17.5. The number of carbonyl (C=O) groups is 1. The maximum atomic E-state index is 12.5. The van der Waals surface area contributed by atoms with Crippen molar-refractivity contribution in [2.24, 2.45) is 5.92 Å². The molecular formula is C22H28N2O3S. The van der Waals surface area contributed by atoms with E-state index in [1.807, 2.05) is 30.3 Å². The number of hydrogen-bond acceptors (Lipinski definition) is 5. The first-order valence-electron chi connectivity index (χ1n) is 10.2. The van der Waals surface area contributed by atoms with Gasteiger partial charge in [-0.3, -0.25) is 4.79 Å². The monoisotopic (exact) mass is 400 g/mol. The van der Waals surface area contributed by atoms with Crippen LogP contribution in [0.4, 0.5) is 0 Å². The van der Waals surface area contributed by atoms with E-state index in [9.17, 15) is 4.79 Å². The summed E-state index contributed by atoms with van der Waals surface area (Å²) in [5.74, 6) is 2.43. The molecule has 0 spiro atoms. The van der Waals surface area contributed by atoms with Crippen LogP contribution in [0.2, 0.25) is 0 Å². The summed E-state index contributed by atoms with van der Waals surface area (Å²) in [6, 6.07) is 9.84. The number of piperidine rings is 1. The molecule has 4 rings (SSSR count). The van der Waals surface area contributed by atoms with Crippen LogP contribution in [0.1, 0.15) is 35.9 Å². The van der Waals surface area contributed by atoms with Crippen molar-refractivity contribution in [3.05, 3.63) is 35.2 Å². The number of carbonyl (C=O) groups excluding carboxylic acids is 1. The van der Waals surface area contributed by atoms with Crippen molar-refractivity contribution in [3.63, 3.8) is 0 Å². The Labute approximate surface area is 170 Å². The first-order chi connectivity index (χ1) is 13.7. The van der Waals surface area contributed by atoms with Gasteiger partial charge < -0.3 is 19.7 Å². The molecule has 2 aliphatic rings. The van der Waals surface area contributed by atoms with Crippen LogP contribution in [0.25, 0.3) is 10.4 Å². The van der Waals surface area contributed by atoms with E-state index < -0.39 is 0 Å². The average Bonchev–Trinajstić information content (AvgIpc) is 3.22. The molecular weight excluding hydrogens is 372 g/mol. The summed E-state index contributed by atoms with van der Waals surface area (Å²) in [4.78, 5) is 16.8. The average molecular weight is 401 g/mol. The highest BCUT2D eigenvalue weighted by molar-refractivity contribution is 7.17. The van der Waals surface area contributed by atoms with E-state index >= 15 is 0 Å². The summed E-state index contributed by atoms with van der Waals surface area (Å²) in [6.45, 7) is 7.68. The van der Waals surface area contributed by atoms with Crippen LogP contribution in [0.15, 0.2) is 30.3 Å². The second-order valence-corrected chi connectivity index (χ2v) is 8.74. The molecule has 28 heavy (non-hydrogen) atoms. The van der Waals surface area contributed by atoms with Crippen molar-refractivity contribution < 1.29 is 14.3 Å². The lowest BCUT2D eigenvalue weighted by Crippen LogP contribution is -2.35. The van der Waals surface area contributed by atoms with E-state index in [1.54, 1.807) is 0 Å². The Morgan fingerprint density at radius 1 is 1.14 bits per heavy atom. The van der Waals surface area contributed by atoms with Crippen LogP contribution in [-0.4, -0.2) is 50.2 Å². The Kier molecular flexibility index (Phi) is 6.17. The number of nitrogens with one attached hydrogen (secondary N) is 1. The largest absolute Gasteiger partial charge is 0.486 e. The molecule has 6 heteroatoms. The van der Waals surface area contributed by atoms with Gasteiger partial charge in [-0.15, -0.1) is 11.3 Å². The number of rotatable bonds is 6. The molecule has 2 aliphatic heterocycles. The summed E-state index contributed by atoms with van der Waals surface area (Å²) in [6.07, 6.45) is 3.59. The molecule has 0 saturated carbocycles. The number of likely N-dealkylation sites (tertiary alicyclic amines) is 1. The zero-order valence-electron chi connectivity index (χ0n) is 16.4. The van der Waals surface area contributed by atoms with Crippen LogP contribution in [0.5, 0.6) is 11.5 Å². The van der Waals surface area contributed by atoms with Gasteiger partial charge in [0.2, 0.25) is 0 Å². The van der Waals surface area contributed by atoms with E-state index in [1.165, 1.54) is 37.3 Å². The van der Waals surface area contributed by atoms with Crippen LogP contribution in [0, 0.1) is 5.92 Å². The van der Waals surface area contributed by atoms with E-state index in [0.29, 0.717) is 13.2 Å². The predicted molar refractivity (Wildman–Crippen MR) is 113 cm³/mol. The van der Waals surface area contributed by atoms with Gasteiger partial charge >= 0.3 is 0 Å². The Morgan fingerprint density at radius 3 is 2.75 bits per heavy atom. The fourth-order valence-corrected chi connectivity index (χ4v) is 4.61. The molecule has 1 aromatic heterocycles. The van der Waals surface area contributed by atoms with E-state index in [-0.39, 0.29) is 5.91 Å². The quantitative estimate of drug-likeness (QED) is 0.744. The van der Waals surface area contributed by atoms with Gasteiger partial charge in [0.15, 0.2) is 11.5 Å². The SMILES string of the molecule is CC1CCN(CCCNC(=O)c2ccc(-c3ccc4c(c3)OCCO4)s2)CC1. The summed E-state index contributed by atoms with van der Waals surface area (Å²) in [5.41, 5.74) is 1.05. The number of thiophene rings is 1. The van der Waals surface area contributed by atoms with Gasteiger partial charge in [0, 0.05) is 11.4 Å². The lowest BCUT2D eigenvalue weighted by Gasteiger charge is -2.30. The molecule has 1 saturated heterocycles. The van der Waals surface area contributed by atoms with Gasteiger partial charge in [-0.25, -0.2) is 0 Å². The van der Waals surface area contributed by atoms with Crippen molar-refractivity contribution in [2.75, 3.05) is 39.4 Å². The molecule has 0 radical (unpaired) electrons. The van der Waals surface area contributed by atoms with E-state index in [4.69, 9.17) is 9.47 Å². The molecule has 0 bridgehead atoms. The van der Waals surface area contributed by atoms with Gasteiger partial charge in [-0.2, -0.15) is 0 Å². The van der Waals surface area contributed by atoms with Crippen LogP contribution in [0.3, 0.4) is 0 Å². The lowest BCUT2D eigenvalue weighted by atomic mass is 9.99. The van der Waals surface area contributed by atoms with Gasteiger partial charge in [-0.05, 0) is 80.7 Å². The molecule has 5 nitrogen and oxygen atoms in total. The molecule has 1 amide bonds. The number of nitrogens with zero attached hydrogens (tertiary/aromatic N) is 1. The van der Waals surface area contributed by atoms with Crippen LogP contribution in [-0.2, 0) is 0 Å². The number of benzene rings is 1. The third-order valence-corrected chi connectivity index (χ3v) is 6.60. The van der Waals surface area contributed by atoms with E-state index in [2.05, 4.69) is 17.1 Å². The summed E-state index contributed by atoms with van der Waals surface area (Å²) in [7, 11) is 0. The van der Waals surface area contributed by atoms with E-state index in [0.717, 1.165) is 52.2 Å². The number of fused-ring (bicyclic) bond motifs is 1. The molecule has 1 fully saturated rings. The second-order valence-electron chi connectivity index (χ2n) is 7.66. The molecule has 3 heterocycles. The zero-order chi connectivity index (χ0) is 19.3. The van der Waals surface area contributed by atoms with Gasteiger partial charge in [0.05, 0.1) is 4.88 Å². The molecule has 1 N–H and O–H groups in total. The topological polar surface area (TPSA) is 50.8 Å². The summed E-state index contributed by atoms with van der Waals surface area (Å²) < 4.78 is 11.2. The van der Waals surface area contributed by atoms with Gasteiger partial charge in [0.1, 0.15) is 13.2 Å². The first-order valence-corrected chi connectivity index (χ1v) is 11.0. The summed E-state index contributed by atoms with van der Waals surface area (Å²) >= 11 is 1.51. The van der Waals surface area contributed by atoms with Crippen LogP contribution < -0.4 is 14.8 Å². The highest BCUT2D eigenvalue weighted by atomic mass is 32.1. The molecule has 1 aromatic carbocycles. The number of hydrogen-bond donors (Lipinski definition) is 1. The lowest BCUT2D eigenvalue weighted by molar-refractivity contribution is 0.0954. The maximum absolute atomic E-state index is 12.5. The number of ether oxygens (including phenoxy) is 2. The molecule has 0 aliphatic carbocycles. The minimum absolute atomic E-state index is 0.0149. The summed E-state index contributed by atoms with van der Waals surface area (Å²) in [5, 5.41) is 3.06. The molecule has 2 aromatic rings. The maximum Gasteiger partial charge on any atom is 0.261 e. The highest BCUT2D eigenvalue weighted by Crippen LogP contribution is 2.36. The standard InChI is InChI=1S/C22H28N2O3S/c1-16-7-11-24(12-8-16)10-2-9-23-22(25)21-6-5-20(28-21)17-3-4-18-19(15-17)27-14-13-26-18/h3-6,15-16H,2,7-14H2,1H3,(H,23,25). The Morgan fingerprint density at radius 2 is 1.93 bits per heavy atom. The fraction of sp³-hybridized carbons (Fsp3) is 0.500. The molecule has 0 unspecified atom stereocenters. The predicted octanol–water partition coefficient (Wildman–Crippen LogP) is 4.04. The van der Waals surface area contributed by atoms with Gasteiger partial charge in [-0.1, -0.05) is 6.92 Å². The van der Waals surface area contributed by atoms with Crippen molar-refractivity contribution in [2.45, 2.75) is 26.2 Å². The Hall–Kier alpha value is -2.05. The minimum atomic E-state index is 0.0149. The molecule has 150 valence electrons. The third kappa shape index (κ3) is 4.67. The van der Waals surface area contributed by atoms with Gasteiger partial charge in [0.25, 0.3) is 5.91 Å². The van der Waals surface area contributed by atoms with Crippen molar-refractivity contribution in [1.82, 2.24) is 10.2 Å². The molecule has 0 atom stereocenters. The Balaban J connectivity index is 1.27. The Bertz CT molecular complexity index is 812. The smallest absolute Gasteiger partial charge is 0.261 e. The second kappa shape index (κ2) is 8.97. The number of amides is 1. The fourth-order valence-electron chi connectivity index (χ4n) is 3.69. The highest BCUT2D eigenvalue weighted by Gasteiger charge is 2.16. The van der Waals surface area contributed by atoms with Crippen LogP contribution >= 0.6 is 11.3 Å². The van der Waals surface area contributed by atoms with Crippen molar-refractivity contribution in [1.29, 1.82) is 0 Å². The zero-order valence-corrected chi connectivity index (χ0v) is 17.2. The van der Waals surface area contributed by atoms with Crippen molar-refractivity contribution >= 4 is 17.2 Å². The first kappa shape index (κ1) is 19.3. The third-order valence-electron chi connectivity index (χ3n) is 5.47.